The molecule has 0 fully saturated rings. The van der Waals surface area contributed by atoms with Crippen molar-refractivity contribution in [3.63, 3.8) is 0 Å². The van der Waals surface area contributed by atoms with E-state index < -0.39 is 5.79 Å². The van der Waals surface area contributed by atoms with Crippen LogP contribution in [0.4, 0.5) is 5.69 Å². The number of hydrogen-bond acceptors (Lipinski definition) is 4. The van der Waals surface area contributed by atoms with Crippen LogP contribution in [0.15, 0.2) is 18.2 Å². The number of benzene rings is 1. The zero-order valence-corrected chi connectivity index (χ0v) is 9.37. The van der Waals surface area contributed by atoms with Crippen LogP contribution in [0.5, 0.6) is 5.75 Å². The van der Waals surface area contributed by atoms with Crippen molar-refractivity contribution < 1.29 is 19.0 Å². The number of carbonyl (C=O) groups is 1. The molecule has 0 aromatic heterocycles. The molecule has 2 rings (SSSR count). The fourth-order valence-electron chi connectivity index (χ4n) is 1.85. The van der Waals surface area contributed by atoms with E-state index in [9.17, 15) is 4.79 Å². The Morgan fingerprint density at radius 1 is 1.19 bits per heavy atom. The molecule has 0 aliphatic carbocycles. The molecule has 1 N–H and O–H groups in total. The number of fused-ring (bicyclic) bond motifs is 1. The average molecular weight is 223 g/mol. The molecule has 0 unspecified atom stereocenters. The van der Waals surface area contributed by atoms with Crippen LogP contribution < -0.4 is 10.1 Å². The molecule has 1 aromatic carbocycles. The SMILES string of the molecule is COc1ccc2c(c1)C(OC)(OC)C(=O)N2. The first-order valence-electron chi connectivity index (χ1n) is 4.78. The van der Waals surface area contributed by atoms with E-state index >= 15 is 0 Å². The van der Waals surface area contributed by atoms with E-state index in [4.69, 9.17) is 14.2 Å². The van der Waals surface area contributed by atoms with Crippen molar-refractivity contribution in [2.75, 3.05) is 26.6 Å². The summed E-state index contributed by atoms with van der Waals surface area (Å²) < 4.78 is 15.5. The number of rotatable bonds is 3. The van der Waals surface area contributed by atoms with Crippen molar-refractivity contribution >= 4 is 11.6 Å². The van der Waals surface area contributed by atoms with Gasteiger partial charge in [-0.3, -0.25) is 4.79 Å². The van der Waals surface area contributed by atoms with Crippen molar-refractivity contribution in [2.45, 2.75) is 5.79 Å². The van der Waals surface area contributed by atoms with Gasteiger partial charge in [0.1, 0.15) is 5.75 Å². The number of hydrogen-bond donors (Lipinski definition) is 1. The number of carbonyl (C=O) groups excluding carboxylic acids is 1. The summed E-state index contributed by atoms with van der Waals surface area (Å²) in [5.41, 5.74) is 1.30. The summed E-state index contributed by atoms with van der Waals surface area (Å²) in [7, 11) is 4.42. The number of anilines is 1. The summed E-state index contributed by atoms with van der Waals surface area (Å²) in [6.45, 7) is 0. The molecule has 5 heteroatoms. The Kier molecular flexibility index (Phi) is 2.57. The third-order valence-corrected chi connectivity index (χ3v) is 2.70. The molecule has 0 saturated heterocycles. The summed E-state index contributed by atoms with van der Waals surface area (Å²) in [5.74, 6) is -1.06. The van der Waals surface area contributed by atoms with Crippen molar-refractivity contribution in [1.82, 2.24) is 0 Å². The minimum atomic E-state index is -1.37. The second-order valence-electron chi connectivity index (χ2n) is 3.39. The molecular weight excluding hydrogens is 210 g/mol. The minimum Gasteiger partial charge on any atom is -0.497 e. The van der Waals surface area contributed by atoms with E-state index in [-0.39, 0.29) is 5.91 Å². The predicted octanol–water partition coefficient (Wildman–Crippen LogP) is 1.09. The van der Waals surface area contributed by atoms with E-state index in [2.05, 4.69) is 5.32 Å². The van der Waals surface area contributed by atoms with E-state index in [0.717, 1.165) is 0 Å². The summed E-state index contributed by atoms with van der Waals surface area (Å²) in [4.78, 5) is 11.8. The van der Waals surface area contributed by atoms with Gasteiger partial charge < -0.3 is 19.5 Å². The van der Waals surface area contributed by atoms with Gasteiger partial charge in [-0.25, -0.2) is 0 Å². The van der Waals surface area contributed by atoms with E-state index in [1.54, 1.807) is 25.3 Å². The predicted molar refractivity (Wildman–Crippen MR) is 57.3 cm³/mol. The van der Waals surface area contributed by atoms with Gasteiger partial charge in [0.05, 0.1) is 12.8 Å². The molecule has 5 nitrogen and oxygen atoms in total. The molecule has 86 valence electrons. The highest BCUT2D eigenvalue weighted by molar-refractivity contribution is 6.04. The molecular formula is C11H13NO4. The average Bonchev–Trinajstić information content (AvgIpc) is 2.60. The first-order chi connectivity index (χ1) is 7.67. The summed E-state index contributed by atoms with van der Waals surface area (Å²) >= 11 is 0. The Labute approximate surface area is 93.3 Å². The van der Waals surface area contributed by atoms with Crippen LogP contribution in [0.1, 0.15) is 5.56 Å². The monoisotopic (exact) mass is 223 g/mol. The molecule has 0 spiro atoms. The van der Waals surface area contributed by atoms with Crippen molar-refractivity contribution in [2.24, 2.45) is 0 Å². The van der Waals surface area contributed by atoms with Gasteiger partial charge in [0.15, 0.2) is 0 Å². The highest BCUT2D eigenvalue weighted by Gasteiger charge is 2.48. The topological polar surface area (TPSA) is 56.8 Å². The van der Waals surface area contributed by atoms with Gasteiger partial charge in [-0.05, 0) is 18.2 Å². The van der Waals surface area contributed by atoms with Gasteiger partial charge in [0.25, 0.3) is 11.7 Å². The molecule has 1 aliphatic rings. The lowest BCUT2D eigenvalue weighted by Gasteiger charge is -2.23. The number of nitrogens with one attached hydrogen (secondary N) is 1. The minimum absolute atomic E-state index is 0.333. The van der Waals surface area contributed by atoms with Gasteiger partial charge in [-0.1, -0.05) is 0 Å². The lowest BCUT2D eigenvalue weighted by molar-refractivity contribution is -0.207. The molecule has 0 radical (unpaired) electrons. The first-order valence-corrected chi connectivity index (χ1v) is 4.78. The fourth-order valence-corrected chi connectivity index (χ4v) is 1.85. The third kappa shape index (κ3) is 1.29. The summed E-state index contributed by atoms with van der Waals surface area (Å²) in [6, 6.07) is 5.24. The van der Waals surface area contributed by atoms with Gasteiger partial charge in [0, 0.05) is 19.8 Å². The van der Waals surface area contributed by atoms with Crippen LogP contribution in [0.3, 0.4) is 0 Å². The molecule has 1 aromatic rings. The second kappa shape index (κ2) is 3.77. The van der Waals surface area contributed by atoms with Crippen molar-refractivity contribution in [1.29, 1.82) is 0 Å². The van der Waals surface area contributed by atoms with E-state index in [1.165, 1.54) is 14.2 Å². The van der Waals surface area contributed by atoms with E-state index in [0.29, 0.717) is 17.0 Å². The lowest BCUT2D eigenvalue weighted by atomic mass is 10.1. The molecule has 0 bridgehead atoms. The number of methoxy groups -OCH3 is 3. The van der Waals surface area contributed by atoms with Gasteiger partial charge in [-0.15, -0.1) is 0 Å². The van der Waals surface area contributed by atoms with Crippen LogP contribution >= 0.6 is 0 Å². The lowest BCUT2D eigenvalue weighted by Crippen LogP contribution is -2.38. The smallest absolute Gasteiger partial charge is 0.289 e. The second-order valence-corrected chi connectivity index (χ2v) is 3.39. The molecule has 16 heavy (non-hydrogen) atoms. The molecule has 0 saturated carbocycles. The van der Waals surface area contributed by atoms with Crippen LogP contribution in [0.25, 0.3) is 0 Å². The Balaban J connectivity index is 2.57. The Morgan fingerprint density at radius 3 is 2.44 bits per heavy atom. The Hall–Kier alpha value is -1.59. The first kappa shape index (κ1) is 10.9. The zero-order valence-electron chi connectivity index (χ0n) is 9.37. The zero-order chi connectivity index (χ0) is 11.8. The standard InChI is InChI=1S/C11H13NO4/c1-14-7-4-5-9-8(6-7)11(15-2,16-3)10(13)12-9/h4-6H,1-3H3,(H,12,13). The van der Waals surface area contributed by atoms with Crippen LogP contribution in [0.2, 0.25) is 0 Å². The third-order valence-electron chi connectivity index (χ3n) is 2.70. The van der Waals surface area contributed by atoms with Crippen LogP contribution in [0, 0.1) is 0 Å². The van der Waals surface area contributed by atoms with Crippen molar-refractivity contribution in [3.05, 3.63) is 23.8 Å². The van der Waals surface area contributed by atoms with E-state index in [1.807, 2.05) is 0 Å². The normalized spacial score (nSPS) is 16.8. The maximum absolute atomic E-state index is 11.8. The molecule has 1 heterocycles. The Bertz CT molecular complexity index is 426. The fraction of sp³-hybridized carbons (Fsp3) is 0.364. The quantitative estimate of drug-likeness (QED) is 0.779. The summed E-state index contributed by atoms with van der Waals surface area (Å²) in [6.07, 6.45) is 0. The maximum atomic E-state index is 11.8. The van der Waals surface area contributed by atoms with Crippen molar-refractivity contribution in [3.8, 4) is 5.75 Å². The van der Waals surface area contributed by atoms with Gasteiger partial charge in [0.2, 0.25) is 0 Å². The summed E-state index contributed by atoms with van der Waals surface area (Å²) in [5, 5.41) is 2.70. The number of amides is 1. The maximum Gasteiger partial charge on any atom is 0.289 e. The largest absolute Gasteiger partial charge is 0.497 e. The highest BCUT2D eigenvalue weighted by atomic mass is 16.7. The molecule has 1 aliphatic heterocycles. The number of ether oxygens (including phenoxy) is 3. The van der Waals surface area contributed by atoms with Crippen LogP contribution in [-0.4, -0.2) is 27.2 Å². The van der Waals surface area contributed by atoms with Gasteiger partial charge >= 0.3 is 0 Å². The van der Waals surface area contributed by atoms with Gasteiger partial charge in [-0.2, -0.15) is 0 Å². The molecule has 0 atom stereocenters. The highest BCUT2D eigenvalue weighted by Crippen LogP contribution is 2.40. The molecule has 1 amide bonds. The van der Waals surface area contributed by atoms with Crippen LogP contribution in [-0.2, 0) is 20.1 Å². The Morgan fingerprint density at radius 2 is 1.88 bits per heavy atom.